The molecular formula is C13H21NO6S. The van der Waals surface area contributed by atoms with Gasteiger partial charge in [-0.15, -0.1) is 0 Å². The monoisotopic (exact) mass is 319 g/mol. The van der Waals surface area contributed by atoms with Gasteiger partial charge in [-0.2, -0.15) is 0 Å². The van der Waals surface area contributed by atoms with Gasteiger partial charge in [-0.25, -0.2) is 8.42 Å². The highest BCUT2D eigenvalue weighted by atomic mass is 32.2. The number of nitrogens with zero attached hydrogens (tertiary/aromatic N) is 1. The summed E-state index contributed by atoms with van der Waals surface area (Å²) in [4.78, 5) is 25.1. The molecule has 2 heterocycles. The third kappa shape index (κ3) is 4.67. The highest BCUT2D eigenvalue weighted by molar-refractivity contribution is 7.91. The molecule has 0 radical (unpaired) electrons. The second-order valence-electron chi connectivity index (χ2n) is 5.59. The summed E-state index contributed by atoms with van der Waals surface area (Å²) in [6.07, 6.45) is 0.592. The lowest BCUT2D eigenvalue weighted by Gasteiger charge is -2.33. The molecule has 0 aromatic heterocycles. The van der Waals surface area contributed by atoms with Gasteiger partial charge >= 0.3 is 5.97 Å². The number of methoxy groups -OCH3 is 1. The molecule has 2 unspecified atom stereocenters. The number of hydrogen-bond acceptors (Lipinski definition) is 6. The topological polar surface area (TPSA) is 90.0 Å². The Kier molecular flexibility index (Phi) is 5.21. The minimum Gasteiger partial charge on any atom is -0.469 e. The Hall–Kier alpha value is -1.15. The second-order valence-corrected chi connectivity index (χ2v) is 7.81. The average molecular weight is 319 g/mol. The van der Waals surface area contributed by atoms with Crippen LogP contribution in [0.4, 0.5) is 0 Å². The van der Waals surface area contributed by atoms with E-state index in [0.717, 1.165) is 0 Å². The van der Waals surface area contributed by atoms with Crippen molar-refractivity contribution in [3.05, 3.63) is 0 Å². The van der Waals surface area contributed by atoms with Crippen LogP contribution in [0.15, 0.2) is 0 Å². The zero-order valence-electron chi connectivity index (χ0n) is 12.1. The van der Waals surface area contributed by atoms with Gasteiger partial charge in [0, 0.05) is 19.5 Å². The maximum atomic E-state index is 12.2. The highest BCUT2D eigenvalue weighted by Gasteiger charge is 2.32. The van der Waals surface area contributed by atoms with Gasteiger partial charge in [0.25, 0.3) is 0 Å². The van der Waals surface area contributed by atoms with Crippen molar-refractivity contribution in [3.8, 4) is 0 Å². The van der Waals surface area contributed by atoms with Gasteiger partial charge in [0.2, 0.25) is 5.91 Å². The van der Waals surface area contributed by atoms with Gasteiger partial charge < -0.3 is 14.4 Å². The molecule has 7 nitrogen and oxygen atoms in total. The standard InChI is InChI=1S/C13H21NO6S/c1-19-13(16)7-11-8-14(3-4-20-11)12(15)6-10-2-5-21(17,18)9-10/h10-11H,2-9H2,1H3. The van der Waals surface area contributed by atoms with Crippen LogP contribution in [0.1, 0.15) is 19.3 Å². The molecule has 0 aliphatic carbocycles. The van der Waals surface area contributed by atoms with Crippen LogP contribution in [0.5, 0.6) is 0 Å². The van der Waals surface area contributed by atoms with Gasteiger partial charge in [0.15, 0.2) is 9.84 Å². The zero-order valence-corrected chi connectivity index (χ0v) is 12.9. The van der Waals surface area contributed by atoms with Crippen molar-refractivity contribution in [2.24, 2.45) is 5.92 Å². The second kappa shape index (κ2) is 6.74. The summed E-state index contributed by atoms with van der Waals surface area (Å²) < 4.78 is 32.9. The van der Waals surface area contributed by atoms with Crippen molar-refractivity contribution in [1.82, 2.24) is 4.90 Å². The number of carbonyl (C=O) groups excluding carboxylic acids is 2. The van der Waals surface area contributed by atoms with Gasteiger partial charge in [-0.05, 0) is 12.3 Å². The molecule has 8 heteroatoms. The molecule has 120 valence electrons. The molecule has 1 amide bonds. The Balaban J connectivity index is 1.83. The van der Waals surface area contributed by atoms with Crippen LogP contribution in [-0.2, 0) is 28.9 Å². The third-order valence-corrected chi connectivity index (χ3v) is 5.74. The molecule has 21 heavy (non-hydrogen) atoms. The van der Waals surface area contributed by atoms with Crippen LogP contribution in [0.25, 0.3) is 0 Å². The first kappa shape index (κ1) is 16.2. The summed E-state index contributed by atoms with van der Waals surface area (Å²) in [6, 6.07) is 0. The summed E-state index contributed by atoms with van der Waals surface area (Å²) in [5.41, 5.74) is 0. The van der Waals surface area contributed by atoms with Gasteiger partial charge in [0.05, 0.1) is 37.7 Å². The molecule has 0 spiro atoms. The zero-order chi connectivity index (χ0) is 15.5. The Morgan fingerprint density at radius 3 is 2.71 bits per heavy atom. The molecule has 0 N–H and O–H groups in total. The van der Waals surface area contributed by atoms with Crippen molar-refractivity contribution in [3.63, 3.8) is 0 Å². The number of esters is 1. The van der Waals surface area contributed by atoms with Gasteiger partial charge in [-0.1, -0.05) is 0 Å². The van der Waals surface area contributed by atoms with Crippen LogP contribution in [0.2, 0.25) is 0 Å². The number of rotatable bonds is 4. The first-order valence-electron chi connectivity index (χ1n) is 7.06. The Morgan fingerprint density at radius 2 is 2.10 bits per heavy atom. The molecule has 2 saturated heterocycles. The van der Waals surface area contributed by atoms with Gasteiger partial charge in [0.1, 0.15) is 0 Å². The first-order valence-corrected chi connectivity index (χ1v) is 8.88. The fourth-order valence-corrected chi connectivity index (χ4v) is 4.61. The van der Waals surface area contributed by atoms with E-state index in [-0.39, 0.29) is 48.2 Å². The van der Waals surface area contributed by atoms with E-state index < -0.39 is 9.84 Å². The molecule has 2 aliphatic rings. The van der Waals surface area contributed by atoms with Crippen LogP contribution >= 0.6 is 0 Å². The highest BCUT2D eigenvalue weighted by Crippen LogP contribution is 2.23. The predicted molar refractivity (Wildman–Crippen MR) is 74.3 cm³/mol. The molecule has 0 aromatic carbocycles. The number of morpholine rings is 1. The number of hydrogen-bond donors (Lipinski definition) is 0. The molecule has 0 saturated carbocycles. The Bertz CT molecular complexity index is 503. The molecule has 0 bridgehead atoms. The third-order valence-electron chi connectivity index (χ3n) is 3.90. The summed E-state index contributed by atoms with van der Waals surface area (Å²) in [6.45, 7) is 1.22. The Morgan fingerprint density at radius 1 is 1.33 bits per heavy atom. The quantitative estimate of drug-likeness (QED) is 0.655. The van der Waals surface area contributed by atoms with Crippen LogP contribution in [-0.4, -0.2) is 69.6 Å². The van der Waals surface area contributed by atoms with Crippen LogP contribution < -0.4 is 0 Å². The van der Waals surface area contributed by atoms with E-state index in [1.165, 1.54) is 7.11 Å². The summed E-state index contributed by atoms with van der Waals surface area (Å²) >= 11 is 0. The maximum Gasteiger partial charge on any atom is 0.308 e. The predicted octanol–water partition coefficient (Wildman–Crippen LogP) is -0.398. The number of sulfone groups is 1. The van der Waals surface area contributed by atoms with Crippen molar-refractivity contribution >= 4 is 21.7 Å². The summed E-state index contributed by atoms with van der Waals surface area (Å²) in [5, 5.41) is 0. The minimum atomic E-state index is -2.96. The van der Waals surface area contributed by atoms with Crippen molar-refractivity contribution < 1.29 is 27.5 Å². The molecule has 2 atom stereocenters. The number of amides is 1. The van der Waals surface area contributed by atoms with E-state index >= 15 is 0 Å². The SMILES string of the molecule is COC(=O)CC1CN(C(=O)CC2CCS(=O)(=O)C2)CCO1. The van der Waals surface area contributed by atoms with Crippen molar-refractivity contribution in [2.45, 2.75) is 25.4 Å². The molecule has 2 aliphatic heterocycles. The van der Waals surface area contributed by atoms with E-state index in [2.05, 4.69) is 4.74 Å². The Labute approximate surface area is 124 Å². The van der Waals surface area contributed by atoms with Crippen LogP contribution in [0.3, 0.4) is 0 Å². The van der Waals surface area contributed by atoms with E-state index in [1.54, 1.807) is 4.90 Å². The lowest BCUT2D eigenvalue weighted by Crippen LogP contribution is -2.46. The maximum absolute atomic E-state index is 12.2. The fraction of sp³-hybridized carbons (Fsp3) is 0.846. The lowest BCUT2D eigenvalue weighted by molar-refractivity contribution is -0.150. The van der Waals surface area contributed by atoms with Gasteiger partial charge in [-0.3, -0.25) is 9.59 Å². The largest absolute Gasteiger partial charge is 0.469 e. The lowest BCUT2D eigenvalue weighted by atomic mass is 10.0. The molecular weight excluding hydrogens is 298 g/mol. The molecule has 0 aromatic rings. The number of ether oxygens (including phenoxy) is 2. The van der Waals surface area contributed by atoms with Crippen molar-refractivity contribution in [2.75, 3.05) is 38.3 Å². The van der Waals surface area contributed by atoms with Crippen LogP contribution in [0, 0.1) is 5.92 Å². The van der Waals surface area contributed by atoms with E-state index in [1.807, 2.05) is 0 Å². The molecule has 2 rings (SSSR count). The number of carbonyl (C=O) groups is 2. The van der Waals surface area contributed by atoms with E-state index in [0.29, 0.717) is 26.1 Å². The normalized spacial score (nSPS) is 28.3. The van der Waals surface area contributed by atoms with E-state index in [9.17, 15) is 18.0 Å². The average Bonchev–Trinajstić information content (AvgIpc) is 2.78. The molecule has 2 fully saturated rings. The minimum absolute atomic E-state index is 0.0599. The summed E-state index contributed by atoms with van der Waals surface area (Å²) in [7, 11) is -1.64. The summed E-state index contributed by atoms with van der Waals surface area (Å²) in [5.74, 6) is -0.218. The van der Waals surface area contributed by atoms with Crippen molar-refractivity contribution in [1.29, 1.82) is 0 Å². The first-order chi connectivity index (χ1) is 9.89. The smallest absolute Gasteiger partial charge is 0.308 e. The fourth-order valence-electron chi connectivity index (χ4n) is 2.75. The van der Waals surface area contributed by atoms with E-state index in [4.69, 9.17) is 4.74 Å².